The highest BCUT2D eigenvalue weighted by Crippen LogP contribution is 2.45. The van der Waals surface area contributed by atoms with Gasteiger partial charge in [0.05, 0.1) is 12.7 Å². The van der Waals surface area contributed by atoms with E-state index in [0.717, 1.165) is 18.4 Å². The second-order valence-electron chi connectivity index (χ2n) is 6.55. The summed E-state index contributed by atoms with van der Waals surface area (Å²) in [6, 6.07) is 4.31. The molecule has 4 atom stereocenters. The predicted octanol–water partition coefficient (Wildman–Crippen LogP) is 2.20. The number of piperidine rings is 1. The van der Waals surface area contributed by atoms with Gasteiger partial charge in [-0.1, -0.05) is 6.07 Å². The lowest BCUT2D eigenvalue weighted by molar-refractivity contribution is 0.00942. The molecule has 24 heavy (non-hydrogen) atoms. The van der Waals surface area contributed by atoms with Crippen LogP contribution in [0.15, 0.2) is 18.2 Å². The average Bonchev–Trinajstić information content (AvgIpc) is 2.86. The van der Waals surface area contributed by atoms with E-state index in [-0.39, 0.29) is 36.5 Å². The van der Waals surface area contributed by atoms with Gasteiger partial charge in [-0.3, -0.25) is 0 Å². The third-order valence-corrected chi connectivity index (χ3v) is 5.21. The zero-order valence-corrected chi connectivity index (χ0v) is 13.8. The van der Waals surface area contributed by atoms with Gasteiger partial charge < -0.3 is 19.8 Å². The Hall–Kier alpha value is -1.66. The van der Waals surface area contributed by atoms with Crippen molar-refractivity contribution in [3.8, 4) is 0 Å². The number of nitrogens with zero attached hydrogens (tertiary/aromatic N) is 1. The van der Waals surface area contributed by atoms with Crippen molar-refractivity contribution in [2.45, 2.75) is 56.7 Å². The summed E-state index contributed by atoms with van der Waals surface area (Å²) in [7, 11) is 0. The molecule has 0 spiro atoms. The Bertz CT molecular complexity index is 609. The van der Waals surface area contributed by atoms with Gasteiger partial charge in [-0.15, -0.1) is 0 Å². The van der Waals surface area contributed by atoms with E-state index in [4.69, 9.17) is 4.74 Å². The summed E-state index contributed by atoms with van der Waals surface area (Å²) in [5.74, 6) is -0.644. The van der Waals surface area contributed by atoms with E-state index in [0.29, 0.717) is 25.0 Å². The van der Waals surface area contributed by atoms with Crippen molar-refractivity contribution in [2.24, 2.45) is 0 Å². The van der Waals surface area contributed by atoms with Crippen LogP contribution in [0.25, 0.3) is 0 Å². The molecule has 0 aromatic heterocycles. The van der Waals surface area contributed by atoms with E-state index in [1.54, 1.807) is 17.9 Å². The number of benzene rings is 1. The molecule has 2 fully saturated rings. The fraction of sp³-hybridized carbons (Fsp3) is 0.611. The molecule has 2 aliphatic heterocycles. The van der Waals surface area contributed by atoms with Crippen LogP contribution in [0.5, 0.6) is 0 Å². The van der Waals surface area contributed by atoms with Gasteiger partial charge in [-0.25, -0.2) is 9.18 Å². The highest BCUT2D eigenvalue weighted by Gasteiger charge is 2.50. The van der Waals surface area contributed by atoms with Crippen LogP contribution in [-0.2, 0) is 11.2 Å². The predicted molar refractivity (Wildman–Crippen MR) is 86.2 cm³/mol. The lowest BCUT2D eigenvalue weighted by atomic mass is 9.79. The molecular formula is C18H24FNO4. The maximum Gasteiger partial charge on any atom is 0.410 e. The molecule has 2 saturated heterocycles. The maximum absolute atomic E-state index is 13.6. The largest absolute Gasteiger partial charge is 0.450 e. The molecule has 6 heteroatoms. The maximum atomic E-state index is 13.6. The normalized spacial score (nSPS) is 28.9. The molecular weight excluding hydrogens is 313 g/mol. The standard InChI is InChI=1S/C18H24FNO4/c1-2-24-18(23)20-13-4-6-15(20)17(16(22)10-13)14-5-3-12(19)9-11(14)7-8-21/h3,5,9,13,15-17,21-22H,2,4,6-8,10H2,1H3. The van der Waals surface area contributed by atoms with Crippen LogP contribution < -0.4 is 0 Å². The van der Waals surface area contributed by atoms with Gasteiger partial charge in [-0.2, -0.15) is 0 Å². The zero-order valence-electron chi connectivity index (χ0n) is 13.8. The van der Waals surface area contributed by atoms with E-state index >= 15 is 0 Å². The summed E-state index contributed by atoms with van der Waals surface area (Å²) in [6.45, 7) is 2.00. The minimum atomic E-state index is -0.587. The molecule has 3 rings (SSSR count). The molecule has 0 saturated carbocycles. The number of amides is 1. The monoisotopic (exact) mass is 337 g/mol. The third-order valence-electron chi connectivity index (χ3n) is 5.21. The first kappa shape index (κ1) is 17.2. The van der Waals surface area contributed by atoms with Crippen molar-refractivity contribution in [1.29, 1.82) is 0 Å². The Labute approximate surface area is 141 Å². The number of aliphatic hydroxyl groups is 2. The van der Waals surface area contributed by atoms with Crippen LogP contribution in [0.2, 0.25) is 0 Å². The second kappa shape index (κ2) is 7.07. The number of halogens is 1. The number of fused-ring (bicyclic) bond motifs is 2. The van der Waals surface area contributed by atoms with Gasteiger partial charge in [0, 0.05) is 24.6 Å². The summed E-state index contributed by atoms with van der Waals surface area (Å²) in [5, 5.41) is 19.9. The first-order valence-corrected chi connectivity index (χ1v) is 8.59. The third kappa shape index (κ3) is 3.00. The quantitative estimate of drug-likeness (QED) is 0.884. The highest BCUT2D eigenvalue weighted by molar-refractivity contribution is 5.69. The molecule has 0 radical (unpaired) electrons. The molecule has 2 bridgehead atoms. The van der Waals surface area contributed by atoms with E-state index < -0.39 is 6.10 Å². The van der Waals surface area contributed by atoms with Crippen molar-refractivity contribution in [3.63, 3.8) is 0 Å². The lowest BCUT2D eigenvalue weighted by Crippen LogP contribution is -2.52. The van der Waals surface area contributed by atoms with Gasteiger partial charge in [0.15, 0.2) is 0 Å². The number of carbonyl (C=O) groups excluding carboxylic acids is 1. The second-order valence-corrected chi connectivity index (χ2v) is 6.55. The number of hydrogen-bond donors (Lipinski definition) is 2. The molecule has 4 unspecified atom stereocenters. The Morgan fingerprint density at radius 2 is 2.21 bits per heavy atom. The molecule has 132 valence electrons. The lowest BCUT2D eigenvalue weighted by Gasteiger charge is -2.42. The van der Waals surface area contributed by atoms with E-state index in [2.05, 4.69) is 0 Å². The molecule has 1 aromatic rings. The average molecular weight is 337 g/mol. The molecule has 2 aliphatic rings. The zero-order chi connectivity index (χ0) is 17.3. The van der Waals surface area contributed by atoms with Crippen molar-refractivity contribution < 1.29 is 24.1 Å². The number of rotatable bonds is 4. The van der Waals surface area contributed by atoms with E-state index in [9.17, 15) is 19.4 Å². The Morgan fingerprint density at radius 3 is 2.92 bits per heavy atom. The minimum Gasteiger partial charge on any atom is -0.450 e. The topological polar surface area (TPSA) is 70.0 Å². The minimum absolute atomic E-state index is 0.00189. The van der Waals surface area contributed by atoms with Crippen molar-refractivity contribution in [3.05, 3.63) is 35.1 Å². The van der Waals surface area contributed by atoms with Gasteiger partial charge in [0.2, 0.25) is 0 Å². The fourth-order valence-corrected chi connectivity index (χ4v) is 4.31. The molecule has 1 amide bonds. The Kier molecular flexibility index (Phi) is 5.06. The van der Waals surface area contributed by atoms with Crippen LogP contribution in [0.3, 0.4) is 0 Å². The van der Waals surface area contributed by atoms with Gasteiger partial charge >= 0.3 is 6.09 Å². The summed E-state index contributed by atoms with van der Waals surface area (Å²) in [4.78, 5) is 14.1. The summed E-state index contributed by atoms with van der Waals surface area (Å²) in [6.07, 6.45) is 1.53. The first-order valence-electron chi connectivity index (χ1n) is 8.59. The van der Waals surface area contributed by atoms with Gasteiger partial charge in [0.25, 0.3) is 0 Å². The number of ether oxygens (including phenoxy) is 1. The van der Waals surface area contributed by atoms with Gasteiger partial charge in [-0.05, 0) is 55.9 Å². The van der Waals surface area contributed by atoms with Crippen LogP contribution in [0, 0.1) is 5.82 Å². The fourth-order valence-electron chi connectivity index (χ4n) is 4.31. The number of aliphatic hydroxyl groups excluding tert-OH is 2. The Morgan fingerprint density at radius 1 is 1.42 bits per heavy atom. The van der Waals surface area contributed by atoms with Crippen molar-refractivity contribution in [1.82, 2.24) is 4.90 Å². The molecule has 0 aliphatic carbocycles. The highest BCUT2D eigenvalue weighted by atomic mass is 19.1. The molecule has 2 N–H and O–H groups in total. The van der Waals surface area contributed by atoms with Crippen LogP contribution in [0.4, 0.5) is 9.18 Å². The summed E-state index contributed by atoms with van der Waals surface area (Å²) >= 11 is 0. The van der Waals surface area contributed by atoms with E-state index in [1.807, 2.05) is 0 Å². The first-order chi connectivity index (χ1) is 11.6. The summed E-state index contributed by atoms with van der Waals surface area (Å²) in [5.41, 5.74) is 1.51. The van der Waals surface area contributed by atoms with Crippen molar-refractivity contribution in [2.75, 3.05) is 13.2 Å². The smallest absolute Gasteiger partial charge is 0.410 e. The molecule has 2 heterocycles. The van der Waals surface area contributed by atoms with Crippen molar-refractivity contribution >= 4 is 6.09 Å². The summed E-state index contributed by atoms with van der Waals surface area (Å²) < 4.78 is 18.8. The van der Waals surface area contributed by atoms with Crippen LogP contribution >= 0.6 is 0 Å². The molecule has 5 nitrogen and oxygen atoms in total. The number of carbonyl (C=O) groups is 1. The van der Waals surface area contributed by atoms with E-state index in [1.165, 1.54) is 12.1 Å². The number of hydrogen-bond acceptors (Lipinski definition) is 4. The molecule has 1 aromatic carbocycles. The SMILES string of the molecule is CCOC(=O)N1C2CCC1C(c1ccc(F)cc1CCO)C(O)C2. The van der Waals surface area contributed by atoms with Crippen LogP contribution in [0.1, 0.15) is 43.2 Å². The Balaban J connectivity index is 1.96. The van der Waals surface area contributed by atoms with Crippen LogP contribution in [-0.4, -0.2) is 52.6 Å². The van der Waals surface area contributed by atoms with Gasteiger partial charge in [0.1, 0.15) is 5.82 Å².